The maximum atomic E-state index is 13.7. The Balaban J connectivity index is 2.23. The van der Waals surface area contributed by atoms with E-state index in [1.807, 2.05) is 11.8 Å². The van der Waals surface area contributed by atoms with Crippen molar-refractivity contribution in [3.8, 4) is 0 Å². The van der Waals surface area contributed by atoms with Gasteiger partial charge in [0.2, 0.25) is 0 Å². The van der Waals surface area contributed by atoms with Gasteiger partial charge >= 0.3 is 5.97 Å². The van der Waals surface area contributed by atoms with Gasteiger partial charge in [0, 0.05) is 11.6 Å². The van der Waals surface area contributed by atoms with E-state index in [0.717, 1.165) is 12.8 Å². The molecule has 1 aliphatic heterocycles. The molecule has 0 aliphatic carbocycles. The van der Waals surface area contributed by atoms with Crippen LogP contribution in [-0.2, 0) is 4.79 Å². The van der Waals surface area contributed by atoms with E-state index in [0.29, 0.717) is 18.5 Å². The summed E-state index contributed by atoms with van der Waals surface area (Å²) in [4.78, 5) is 13.1. The maximum absolute atomic E-state index is 13.7. The fourth-order valence-electron chi connectivity index (χ4n) is 2.68. The number of hydrogen-bond acceptors (Lipinski definition) is 2. The number of piperidine rings is 1. The Morgan fingerprint density at radius 1 is 1.44 bits per heavy atom. The van der Waals surface area contributed by atoms with E-state index in [1.165, 1.54) is 6.07 Å². The molecular formula is C14H18FNO2. The predicted molar refractivity (Wildman–Crippen MR) is 66.8 cm³/mol. The van der Waals surface area contributed by atoms with Crippen molar-refractivity contribution in [1.29, 1.82) is 0 Å². The zero-order valence-electron chi connectivity index (χ0n) is 10.5. The number of carbonyl (C=O) groups is 1. The van der Waals surface area contributed by atoms with Crippen LogP contribution >= 0.6 is 0 Å². The van der Waals surface area contributed by atoms with Crippen LogP contribution < -0.4 is 0 Å². The second-order valence-electron chi connectivity index (χ2n) is 4.79. The lowest BCUT2D eigenvalue weighted by Gasteiger charge is -2.37. The van der Waals surface area contributed by atoms with Gasteiger partial charge in [0.05, 0.1) is 0 Å². The zero-order chi connectivity index (χ0) is 13.1. The van der Waals surface area contributed by atoms with Gasteiger partial charge in [0.15, 0.2) is 0 Å². The van der Waals surface area contributed by atoms with Crippen LogP contribution in [0.15, 0.2) is 24.3 Å². The molecule has 0 spiro atoms. The van der Waals surface area contributed by atoms with E-state index in [9.17, 15) is 14.3 Å². The second-order valence-corrected chi connectivity index (χ2v) is 4.79. The van der Waals surface area contributed by atoms with Gasteiger partial charge in [0.25, 0.3) is 0 Å². The molecule has 1 heterocycles. The number of aliphatic carboxylic acids is 1. The van der Waals surface area contributed by atoms with Crippen molar-refractivity contribution in [2.75, 3.05) is 6.54 Å². The Kier molecular flexibility index (Phi) is 3.97. The number of rotatable bonds is 3. The minimum Gasteiger partial charge on any atom is -0.480 e. The molecule has 2 unspecified atom stereocenters. The molecule has 3 nitrogen and oxygen atoms in total. The fourth-order valence-corrected chi connectivity index (χ4v) is 2.68. The quantitative estimate of drug-likeness (QED) is 0.898. The van der Waals surface area contributed by atoms with Gasteiger partial charge in [-0.25, -0.2) is 4.39 Å². The third-order valence-electron chi connectivity index (χ3n) is 3.68. The molecule has 1 aromatic rings. The van der Waals surface area contributed by atoms with Crippen molar-refractivity contribution >= 4 is 5.97 Å². The summed E-state index contributed by atoms with van der Waals surface area (Å²) in [6, 6.07) is 5.89. The lowest BCUT2D eigenvalue weighted by Crippen LogP contribution is -2.45. The van der Waals surface area contributed by atoms with E-state index >= 15 is 0 Å². The van der Waals surface area contributed by atoms with Gasteiger partial charge in [-0.1, -0.05) is 24.6 Å². The van der Waals surface area contributed by atoms with E-state index in [-0.39, 0.29) is 11.9 Å². The normalized spacial score (nSPS) is 22.7. The monoisotopic (exact) mass is 251 g/mol. The fraction of sp³-hybridized carbons (Fsp3) is 0.500. The first-order valence-corrected chi connectivity index (χ1v) is 6.34. The molecule has 0 saturated carbocycles. The van der Waals surface area contributed by atoms with Gasteiger partial charge < -0.3 is 5.11 Å². The SMILES string of the molecule is CC(c1ccccc1F)N1CCCCC1C(=O)O. The average Bonchev–Trinajstić information content (AvgIpc) is 2.38. The summed E-state index contributed by atoms with van der Waals surface area (Å²) in [7, 11) is 0. The highest BCUT2D eigenvalue weighted by molar-refractivity contribution is 5.73. The lowest BCUT2D eigenvalue weighted by molar-refractivity contribution is -0.145. The summed E-state index contributed by atoms with van der Waals surface area (Å²) >= 11 is 0. The molecule has 2 rings (SSSR count). The molecule has 0 aromatic heterocycles. The first kappa shape index (κ1) is 13.0. The minimum absolute atomic E-state index is 0.201. The van der Waals surface area contributed by atoms with Crippen LogP contribution in [0.1, 0.15) is 37.8 Å². The minimum atomic E-state index is -0.808. The molecule has 98 valence electrons. The largest absolute Gasteiger partial charge is 0.480 e. The maximum Gasteiger partial charge on any atom is 0.320 e. The molecular weight excluding hydrogens is 233 g/mol. The summed E-state index contributed by atoms with van der Waals surface area (Å²) in [6.07, 6.45) is 2.55. The Bertz CT molecular complexity index is 436. The number of hydrogen-bond donors (Lipinski definition) is 1. The van der Waals surface area contributed by atoms with E-state index < -0.39 is 12.0 Å². The smallest absolute Gasteiger partial charge is 0.320 e. The van der Waals surface area contributed by atoms with Crippen molar-refractivity contribution in [2.45, 2.75) is 38.3 Å². The van der Waals surface area contributed by atoms with E-state index in [2.05, 4.69) is 0 Å². The molecule has 1 fully saturated rings. The first-order chi connectivity index (χ1) is 8.61. The Morgan fingerprint density at radius 2 is 2.17 bits per heavy atom. The summed E-state index contributed by atoms with van der Waals surface area (Å²) < 4.78 is 13.7. The second kappa shape index (κ2) is 5.48. The van der Waals surface area contributed by atoms with Crippen molar-refractivity contribution in [1.82, 2.24) is 4.90 Å². The molecule has 1 aliphatic rings. The average molecular weight is 251 g/mol. The van der Waals surface area contributed by atoms with Crippen molar-refractivity contribution in [2.24, 2.45) is 0 Å². The van der Waals surface area contributed by atoms with Crippen LogP contribution in [0.2, 0.25) is 0 Å². The molecule has 2 atom stereocenters. The Hall–Kier alpha value is -1.42. The highest BCUT2D eigenvalue weighted by atomic mass is 19.1. The van der Waals surface area contributed by atoms with Gasteiger partial charge in [-0.3, -0.25) is 9.69 Å². The highest BCUT2D eigenvalue weighted by Gasteiger charge is 2.32. The van der Waals surface area contributed by atoms with E-state index in [4.69, 9.17) is 0 Å². The molecule has 4 heteroatoms. The summed E-state index contributed by atoms with van der Waals surface area (Å²) in [5.41, 5.74) is 0.575. The molecule has 1 saturated heterocycles. The number of benzene rings is 1. The van der Waals surface area contributed by atoms with Crippen LogP contribution in [-0.4, -0.2) is 28.6 Å². The number of nitrogens with zero attached hydrogens (tertiary/aromatic N) is 1. The van der Waals surface area contributed by atoms with Crippen LogP contribution in [0.3, 0.4) is 0 Å². The van der Waals surface area contributed by atoms with Gasteiger partial charge in [-0.2, -0.15) is 0 Å². The van der Waals surface area contributed by atoms with Crippen LogP contribution in [0.4, 0.5) is 4.39 Å². The van der Waals surface area contributed by atoms with Gasteiger partial charge in [-0.15, -0.1) is 0 Å². The highest BCUT2D eigenvalue weighted by Crippen LogP contribution is 2.29. The first-order valence-electron chi connectivity index (χ1n) is 6.34. The predicted octanol–water partition coefficient (Wildman–Crippen LogP) is 2.83. The van der Waals surface area contributed by atoms with Crippen LogP contribution in [0.5, 0.6) is 0 Å². The van der Waals surface area contributed by atoms with Crippen molar-refractivity contribution < 1.29 is 14.3 Å². The number of halogens is 1. The summed E-state index contributed by atoms with van der Waals surface area (Å²) in [5, 5.41) is 9.24. The Labute approximate surface area is 106 Å². The zero-order valence-corrected chi connectivity index (χ0v) is 10.5. The van der Waals surface area contributed by atoms with E-state index in [1.54, 1.807) is 18.2 Å². The third kappa shape index (κ3) is 2.53. The standard InChI is InChI=1S/C14H18FNO2/c1-10(11-6-2-3-7-12(11)15)16-9-5-4-8-13(16)14(17)18/h2-3,6-7,10,13H,4-5,8-9H2,1H3,(H,17,18). The summed E-state index contributed by atoms with van der Waals surface area (Å²) in [5.74, 6) is -1.07. The number of carboxylic acids is 1. The molecule has 1 aromatic carbocycles. The van der Waals surface area contributed by atoms with Crippen molar-refractivity contribution in [3.05, 3.63) is 35.6 Å². The lowest BCUT2D eigenvalue weighted by atomic mass is 9.97. The third-order valence-corrected chi connectivity index (χ3v) is 3.68. The number of carboxylic acid groups (broad SMARTS) is 1. The van der Waals surface area contributed by atoms with Gasteiger partial charge in [0.1, 0.15) is 11.9 Å². The molecule has 18 heavy (non-hydrogen) atoms. The number of likely N-dealkylation sites (tertiary alicyclic amines) is 1. The molecule has 0 amide bonds. The molecule has 0 bridgehead atoms. The van der Waals surface area contributed by atoms with Crippen LogP contribution in [0, 0.1) is 5.82 Å². The summed E-state index contributed by atoms with van der Waals surface area (Å²) in [6.45, 7) is 2.59. The topological polar surface area (TPSA) is 40.5 Å². The van der Waals surface area contributed by atoms with Crippen LogP contribution in [0.25, 0.3) is 0 Å². The Morgan fingerprint density at radius 3 is 2.83 bits per heavy atom. The molecule has 1 N–H and O–H groups in total. The van der Waals surface area contributed by atoms with Crippen molar-refractivity contribution in [3.63, 3.8) is 0 Å². The molecule has 0 radical (unpaired) electrons. The van der Waals surface area contributed by atoms with Gasteiger partial charge in [-0.05, 0) is 32.4 Å².